The third kappa shape index (κ3) is 6.29. The SMILES string of the molecule is C=CCN(Cc1cccs1)C(=O)CN(C)CC(=O)Nc1ccccc1Cl. The van der Waals surface area contributed by atoms with E-state index in [2.05, 4.69) is 11.9 Å². The van der Waals surface area contributed by atoms with Crippen LogP contribution in [0.5, 0.6) is 0 Å². The van der Waals surface area contributed by atoms with Gasteiger partial charge in [0, 0.05) is 11.4 Å². The van der Waals surface area contributed by atoms with Gasteiger partial charge in [-0.1, -0.05) is 35.9 Å². The standard InChI is InChI=1S/C19H22ClN3O2S/c1-3-10-23(12-15-7-6-11-26-15)19(25)14-22(2)13-18(24)21-17-9-5-4-8-16(17)20/h3-9,11H,1,10,12-14H2,2H3,(H,21,24). The number of nitrogens with one attached hydrogen (secondary N) is 1. The topological polar surface area (TPSA) is 52.7 Å². The van der Waals surface area contributed by atoms with Crippen molar-refractivity contribution in [2.75, 3.05) is 32.0 Å². The number of para-hydroxylation sites is 1. The predicted molar refractivity (Wildman–Crippen MR) is 108 cm³/mol. The molecule has 1 heterocycles. The van der Waals surface area contributed by atoms with Gasteiger partial charge in [-0.05, 0) is 30.6 Å². The fourth-order valence-electron chi connectivity index (χ4n) is 2.39. The highest BCUT2D eigenvalue weighted by Crippen LogP contribution is 2.20. The Labute approximate surface area is 162 Å². The van der Waals surface area contributed by atoms with Crippen molar-refractivity contribution < 1.29 is 9.59 Å². The van der Waals surface area contributed by atoms with E-state index in [4.69, 9.17) is 11.6 Å². The first kappa shape index (κ1) is 20.2. The number of amides is 2. The van der Waals surface area contributed by atoms with Crippen molar-refractivity contribution in [1.29, 1.82) is 0 Å². The van der Waals surface area contributed by atoms with Crippen LogP contribution in [0.1, 0.15) is 4.88 Å². The molecule has 0 fully saturated rings. The van der Waals surface area contributed by atoms with Gasteiger partial charge in [-0.25, -0.2) is 0 Å². The summed E-state index contributed by atoms with van der Waals surface area (Å²) in [7, 11) is 1.74. The van der Waals surface area contributed by atoms with E-state index >= 15 is 0 Å². The molecule has 0 saturated heterocycles. The van der Waals surface area contributed by atoms with Gasteiger partial charge in [-0.2, -0.15) is 0 Å². The number of benzene rings is 1. The lowest BCUT2D eigenvalue weighted by Crippen LogP contribution is -2.41. The average Bonchev–Trinajstić information content (AvgIpc) is 3.09. The van der Waals surface area contributed by atoms with Crippen LogP contribution >= 0.6 is 22.9 Å². The Kier molecular flexibility index (Phi) is 7.84. The second-order valence-electron chi connectivity index (χ2n) is 5.84. The summed E-state index contributed by atoms with van der Waals surface area (Å²) in [6, 6.07) is 11.0. The molecule has 7 heteroatoms. The van der Waals surface area contributed by atoms with Crippen molar-refractivity contribution in [2.45, 2.75) is 6.54 Å². The molecule has 1 aromatic carbocycles. The van der Waals surface area contributed by atoms with Gasteiger partial charge in [0.15, 0.2) is 0 Å². The first-order valence-electron chi connectivity index (χ1n) is 8.13. The Balaban J connectivity index is 1.87. The molecule has 0 unspecified atom stereocenters. The zero-order chi connectivity index (χ0) is 18.9. The van der Waals surface area contributed by atoms with Gasteiger partial charge in [0.05, 0.1) is 30.3 Å². The molecule has 5 nitrogen and oxygen atoms in total. The zero-order valence-corrected chi connectivity index (χ0v) is 16.2. The molecule has 0 aliphatic heterocycles. The lowest BCUT2D eigenvalue weighted by molar-refractivity contribution is -0.132. The third-order valence-electron chi connectivity index (χ3n) is 3.60. The van der Waals surface area contributed by atoms with Gasteiger partial charge < -0.3 is 10.2 Å². The summed E-state index contributed by atoms with van der Waals surface area (Å²) in [5, 5.41) is 5.22. The molecule has 2 amide bonds. The van der Waals surface area contributed by atoms with Gasteiger partial charge in [0.1, 0.15) is 0 Å². The first-order chi connectivity index (χ1) is 12.5. The number of nitrogens with zero attached hydrogens (tertiary/aromatic N) is 2. The van der Waals surface area contributed by atoms with E-state index in [9.17, 15) is 9.59 Å². The van der Waals surface area contributed by atoms with Crippen LogP contribution in [0.4, 0.5) is 5.69 Å². The van der Waals surface area contributed by atoms with Crippen LogP contribution < -0.4 is 5.32 Å². The van der Waals surface area contributed by atoms with E-state index in [0.717, 1.165) is 4.88 Å². The van der Waals surface area contributed by atoms with E-state index in [1.54, 1.807) is 58.5 Å². The summed E-state index contributed by atoms with van der Waals surface area (Å²) in [6.45, 7) is 4.97. The minimum Gasteiger partial charge on any atom is -0.333 e. The molecule has 1 aromatic heterocycles. The molecule has 2 rings (SSSR count). The quantitative estimate of drug-likeness (QED) is 0.666. The largest absolute Gasteiger partial charge is 0.333 e. The summed E-state index contributed by atoms with van der Waals surface area (Å²) < 4.78 is 0. The molecule has 138 valence electrons. The highest BCUT2D eigenvalue weighted by Gasteiger charge is 2.17. The van der Waals surface area contributed by atoms with Gasteiger partial charge in [0.2, 0.25) is 11.8 Å². The first-order valence-corrected chi connectivity index (χ1v) is 9.39. The van der Waals surface area contributed by atoms with E-state index in [0.29, 0.717) is 23.8 Å². The molecule has 0 aliphatic rings. The molecule has 0 saturated carbocycles. The number of likely N-dealkylation sites (N-methyl/N-ethyl adjacent to an activating group) is 1. The zero-order valence-electron chi connectivity index (χ0n) is 14.7. The Hall–Kier alpha value is -2.15. The second kappa shape index (κ2) is 10.1. The number of anilines is 1. The Morgan fingerprint density at radius 3 is 2.65 bits per heavy atom. The van der Waals surface area contributed by atoms with E-state index < -0.39 is 0 Å². The molecule has 0 spiro atoms. The number of carbonyl (C=O) groups is 2. The van der Waals surface area contributed by atoms with Gasteiger partial charge >= 0.3 is 0 Å². The lowest BCUT2D eigenvalue weighted by Gasteiger charge is -2.24. The molecule has 0 radical (unpaired) electrons. The molecular formula is C19H22ClN3O2S. The number of rotatable bonds is 9. The summed E-state index contributed by atoms with van der Waals surface area (Å²) in [6.07, 6.45) is 1.70. The Morgan fingerprint density at radius 2 is 2.00 bits per heavy atom. The van der Waals surface area contributed by atoms with Crippen LogP contribution in [0.25, 0.3) is 0 Å². The number of hydrogen-bond acceptors (Lipinski definition) is 4. The Bertz CT molecular complexity index is 749. The van der Waals surface area contributed by atoms with Crippen LogP contribution in [-0.2, 0) is 16.1 Å². The van der Waals surface area contributed by atoms with Crippen molar-refractivity contribution in [3.63, 3.8) is 0 Å². The van der Waals surface area contributed by atoms with Crippen LogP contribution in [-0.4, -0.2) is 48.3 Å². The Morgan fingerprint density at radius 1 is 1.23 bits per heavy atom. The minimum absolute atomic E-state index is 0.0497. The van der Waals surface area contributed by atoms with Crippen molar-refractivity contribution in [2.24, 2.45) is 0 Å². The van der Waals surface area contributed by atoms with Gasteiger partial charge in [-0.15, -0.1) is 17.9 Å². The van der Waals surface area contributed by atoms with Crippen molar-refractivity contribution in [1.82, 2.24) is 9.80 Å². The van der Waals surface area contributed by atoms with Crippen molar-refractivity contribution in [3.8, 4) is 0 Å². The van der Waals surface area contributed by atoms with Crippen molar-refractivity contribution in [3.05, 3.63) is 64.3 Å². The number of thiophene rings is 1. The second-order valence-corrected chi connectivity index (χ2v) is 7.28. The maximum Gasteiger partial charge on any atom is 0.238 e. The summed E-state index contributed by atoms with van der Waals surface area (Å²) in [4.78, 5) is 29.2. The maximum atomic E-state index is 12.6. The summed E-state index contributed by atoms with van der Waals surface area (Å²) >= 11 is 7.64. The average molecular weight is 392 g/mol. The lowest BCUT2D eigenvalue weighted by atomic mass is 10.3. The highest BCUT2D eigenvalue weighted by molar-refractivity contribution is 7.09. The van der Waals surface area contributed by atoms with Crippen LogP contribution in [0.2, 0.25) is 5.02 Å². The summed E-state index contributed by atoms with van der Waals surface area (Å²) in [5.41, 5.74) is 0.560. The molecule has 0 bridgehead atoms. The normalized spacial score (nSPS) is 10.6. The number of hydrogen-bond donors (Lipinski definition) is 1. The maximum absolute atomic E-state index is 12.6. The number of carbonyl (C=O) groups excluding carboxylic acids is 2. The molecule has 26 heavy (non-hydrogen) atoms. The monoisotopic (exact) mass is 391 g/mol. The van der Waals surface area contributed by atoms with Crippen LogP contribution in [0.15, 0.2) is 54.4 Å². The van der Waals surface area contributed by atoms with Crippen LogP contribution in [0, 0.1) is 0 Å². The van der Waals surface area contributed by atoms with Crippen molar-refractivity contribution >= 4 is 40.4 Å². The fraction of sp³-hybridized carbons (Fsp3) is 0.263. The molecular weight excluding hydrogens is 370 g/mol. The van der Waals surface area contributed by atoms with E-state index in [1.807, 2.05) is 17.5 Å². The summed E-state index contributed by atoms with van der Waals surface area (Å²) in [5.74, 6) is -0.270. The predicted octanol–water partition coefficient (Wildman–Crippen LogP) is 3.49. The molecule has 0 atom stereocenters. The molecule has 0 aliphatic carbocycles. The molecule has 2 aromatic rings. The van der Waals surface area contributed by atoms with Gasteiger partial charge in [0.25, 0.3) is 0 Å². The molecule has 1 N–H and O–H groups in total. The fourth-order valence-corrected chi connectivity index (χ4v) is 3.29. The van der Waals surface area contributed by atoms with Crippen LogP contribution in [0.3, 0.4) is 0 Å². The minimum atomic E-state index is -0.220. The van der Waals surface area contributed by atoms with E-state index in [-0.39, 0.29) is 24.9 Å². The highest BCUT2D eigenvalue weighted by atomic mass is 35.5. The third-order valence-corrected chi connectivity index (χ3v) is 4.79. The number of halogens is 1. The van der Waals surface area contributed by atoms with E-state index in [1.165, 1.54) is 0 Å². The van der Waals surface area contributed by atoms with Gasteiger partial charge in [-0.3, -0.25) is 14.5 Å². The smallest absolute Gasteiger partial charge is 0.238 e.